The molecule has 0 spiro atoms. The van der Waals surface area contributed by atoms with Crippen LogP contribution in [-0.4, -0.2) is 29.7 Å². The number of ether oxygens (including phenoxy) is 1. The van der Waals surface area contributed by atoms with Gasteiger partial charge in [-0.2, -0.15) is 0 Å². The summed E-state index contributed by atoms with van der Waals surface area (Å²) in [6, 6.07) is 23.4. The van der Waals surface area contributed by atoms with Gasteiger partial charge in [-0.15, -0.1) is 11.3 Å². The predicted molar refractivity (Wildman–Crippen MR) is 131 cm³/mol. The first-order chi connectivity index (χ1) is 16.6. The van der Waals surface area contributed by atoms with Crippen molar-refractivity contribution in [2.45, 2.75) is 6.54 Å². The Morgan fingerprint density at radius 1 is 0.882 bits per heavy atom. The summed E-state index contributed by atoms with van der Waals surface area (Å²) in [4.78, 5) is 41.0. The Morgan fingerprint density at radius 2 is 1.56 bits per heavy atom. The lowest BCUT2D eigenvalue weighted by molar-refractivity contribution is 0.0642. The van der Waals surface area contributed by atoms with E-state index >= 15 is 0 Å². The molecule has 0 bridgehead atoms. The quantitative estimate of drug-likeness (QED) is 0.381. The van der Waals surface area contributed by atoms with E-state index in [0.29, 0.717) is 33.7 Å². The first-order valence-electron chi connectivity index (χ1n) is 10.6. The highest BCUT2D eigenvalue weighted by Gasteiger charge is 2.35. The second-order valence-electron chi connectivity index (χ2n) is 7.75. The highest BCUT2D eigenvalue weighted by molar-refractivity contribution is 7.13. The van der Waals surface area contributed by atoms with Gasteiger partial charge >= 0.3 is 0 Å². The first-order valence-corrected chi connectivity index (χ1v) is 11.5. The number of imide groups is 1. The number of nitrogens with one attached hydrogen (secondary N) is 1. The summed E-state index contributed by atoms with van der Waals surface area (Å²) in [5, 5.41) is 4.97. The van der Waals surface area contributed by atoms with Gasteiger partial charge in [0, 0.05) is 16.1 Å². The number of hydrogen-bond acceptors (Lipinski definition) is 5. The minimum atomic E-state index is -0.343. The van der Waals surface area contributed by atoms with E-state index in [2.05, 4.69) is 5.32 Å². The summed E-state index contributed by atoms with van der Waals surface area (Å²) < 4.78 is 5.42. The lowest BCUT2D eigenvalue weighted by Gasteiger charge is -2.16. The lowest BCUT2D eigenvalue weighted by atomic mass is 10.1. The molecule has 7 heteroatoms. The minimum Gasteiger partial charge on any atom is -0.496 e. The normalized spacial score (nSPS) is 12.6. The van der Waals surface area contributed by atoms with Gasteiger partial charge < -0.3 is 10.1 Å². The zero-order valence-electron chi connectivity index (χ0n) is 18.3. The minimum absolute atomic E-state index is 0.0579. The average Bonchev–Trinajstić information content (AvgIpc) is 3.48. The molecular weight excluding hydrogens is 448 g/mol. The van der Waals surface area contributed by atoms with Gasteiger partial charge in [-0.05, 0) is 47.3 Å². The van der Waals surface area contributed by atoms with Gasteiger partial charge in [0.2, 0.25) is 0 Å². The van der Waals surface area contributed by atoms with Crippen LogP contribution in [0.4, 0.5) is 5.69 Å². The molecule has 0 fully saturated rings. The topological polar surface area (TPSA) is 75.7 Å². The maximum atomic E-state index is 13.3. The van der Waals surface area contributed by atoms with E-state index in [0.717, 1.165) is 10.4 Å². The number of para-hydroxylation sites is 1. The zero-order chi connectivity index (χ0) is 23.7. The number of amides is 3. The maximum absolute atomic E-state index is 13.3. The molecule has 168 valence electrons. The molecule has 1 N–H and O–H groups in total. The van der Waals surface area contributed by atoms with E-state index in [9.17, 15) is 14.4 Å². The summed E-state index contributed by atoms with van der Waals surface area (Å²) in [6.07, 6.45) is 0. The smallest absolute Gasteiger partial charge is 0.261 e. The number of anilines is 1. The molecule has 5 rings (SSSR count). The van der Waals surface area contributed by atoms with Crippen LogP contribution in [0.15, 0.2) is 84.2 Å². The van der Waals surface area contributed by atoms with Gasteiger partial charge in [-0.25, -0.2) is 0 Å². The van der Waals surface area contributed by atoms with Crippen molar-refractivity contribution in [1.82, 2.24) is 4.90 Å². The van der Waals surface area contributed by atoms with Crippen LogP contribution in [-0.2, 0) is 6.54 Å². The van der Waals surface area contributed by atoms with E-state index in [4.69, 9.17) is 4.74 Å². The molecule has 3 amide bonds. The van der Waals surface area contributed by atoms with Crippen molar-refractivity contribution in [2.24, 2.45) is 0 Å². The summed E-state index contributed by atoms with van der Waals surface area (Å²) in [5.41, 5.74) is 3.35. The van der Waals surface area contributed by atoms with E-state index in [1.54, 1.807) is 53.8 Å². The molecule has 0 aliphatic carbocycles. The second kappa shape index (κ2) is 8.96. The monoisotopic (exact) mass is 468 g/mol. The van der Waals surface area contributed by atoms with Crippen LogP contribution in [0.3, 0.4) is 0 Å². The Hall–Kier alpha value is -4.23. The van der Waals surface area contributed by atoms with Crippen LogP contribution in [0.25, 0.3) is 10.4 Å². The van der Waals surface area contributed by atoms with Gasteiger partial charge in [0.15, 0.2) is 0 Å². The van der Waals surface area contributed by atoms with Crippen LogP contribution in [0, 0.1) is 0 Å². The molecule has 34 heavy (non-hydrogen) atoms. The summed E-state index contributed by atoms with van der Waals surface area (Å²) in [6.45, 7) is 0.0579. The van der Waals surface area contributed by atoms with E-state index < -0.39 is 0 Å². The van der Waals surface area contributed by atoms with Crippen molar-refractivity contribution in [3.8, 4) is 16.2 Å². The van der Waals surface area contributed by atoms with Crippen LogP contribution in [0.5, 0.6) is 5.75 Å². The molecule has 0 radical (unpaired) electrons. The third-order valence-electron chi connectivity index (χ3n) is 5.69. The molecule has 4 aromatic rings. The fourth-order valence-electron chi connectivity index (χ4n) is 4.02. The summed E-state index contributed by atoms with van der Waals surface area (Å²) in [7, 11) is 1.50. The van der Waals surface area contributed by atoms with Crippen LogP contribution >= 0.6 is 11.3 Å². The number of thiophene rings is 1. The molecular formula is C27H20N2O4S. The fourth-order valence-corrected chi connectivity index (χ4v) is 4.79. The Kier molecular flexibility index (Phi) is 5.69. The molecule has 1 aliphatic heterocycles. The van der Waals surface area contributed by atoms with Gasteiger partial charge in [0.05, 0.1) is 30.3 Å². The van der Waals surface area contributed by atoms with Crippen molar-refractivity contribution in [3.05, 3.63) is 106 Å². The number of carbonyl (C=O) groups excluding carboxylic acids is 3. The highest BCUT2D eigenvalue weighted by atomic mass is 32.1. The van der Waals surface area contributed by atoms with Crippen molar-refractivity contribution >= 4 is 34.7 Å². The Balaban J connectivity index is 1.42. The van der Waals surface area contributed by atoms with Gasteiger partial charge in [0.1, 0.15) is 5.75 Å². The van der Waals surface area contributed by atoms with Crippen molar-refractivity contribution < 1.29 is 19.1 Å². The average molecular weight is 469 g/mol. The standard InChI is InChI=1S/C27H20N2O4S/c1-33-23-13-12-17(16-29-26(31)18-7-2-3-8-19(18)27(29)32)15-21(23)25(30)28-22-10-5-4-9-20(22)24-11-6-14-34-24/h2-15H,16H2,1H3,(H,28,30). The summed E-state index contributed by atoms with van der Waals surface area (Å²) in [5.74, 6) is -0.623. The highest BCUT2D eigenvalue weighted by Crippen LogP contribution is 2.32. The Labute approximate surface area is 200 Å². The number of hydrogen-bond donors (Lipinski definition) is 1. The number of nitrogens with zero attached hydrogens (tertiary/aromatic N) is 1. The van der Waals surface area contributed by atoms with Crippen molar-refractivity contribution in [2.75, 3.05) is 12.4 Å². The summed E-state index contributed by atoms with van der Waals surface area (Å²) >= 11 is 1.59. The second-order valence-corrected chi connectivity index (χ2v) is 8.70. The van der Waals surface area contributed by atoms with Crippen LogP contribution < -0.4 is 10.1 Å². The maximum Gasteiger partial charge on any atom is 0.261 e. The number of carbonyl (C=O) groups is 3. The number of benzene rings is 3. The van der Waals surface area contributed by atoms with Gasteiger partial charge in [0.25, 0.3) is 17.7 Å². The molecule has 6 nitrogen and oxygen atoms in total. The molecule has 3 aromatic carbocycles. The van der Waals surface area contributed by atoms with E-state index in [-0.39, 0.29) is 24.3 Å². The largest absolute Gasteiger partial charge is 0.496 e. The van der Waals surface area contributed by atoms with Crippen molar-refractivity contribution in [3.63, 3.8) is 0 Å². The number of methoxy groups -OCH3 is 1. The lowest BCUT2D eigenvalue weighted by Crippen LogP contribution is -2.29. The Morgan fingerprint density at radius 3 is 2.21 bits per heavy atom. The van der Waals surface area contributed by atoms with Crippen LogP contribution in [0.1, 0.15) is 36.6 Å². The molecule has 0 atom stereocenters. The van der Waals surface area contributed by atoms with Gasteiger partial charge in [-0.1, -0.05) is 42.5 Å². The Bertz CT molecular complexity index is 1380. The van der Waals surface area contributed by atoms with Crippen LogP contribution in [0.2, 0.25) is 0 Å². The van der Waals surface area contributed by atoms with E-state index in [1.165, 1.54) is 12.0 Å². The molecule has 1 aromatic heterocycles. The molecule has 1 aliphatic rings. The number of rotatable bonds is 6. The predicted octanol–water partition coefficient (Wildman–Crippen LogP) is 5.47. The van der Waals surface area contributed by atoms with Gasteiger partial charge in [-0.3, -0.25) is 19.3 Å². The molecule has 0 saturated carbocycles. The molecule has 0 saturated heterocycles. The third kappa shape index (κ3) is 3.86. The SMILES string of the molecule is COc1ccc(CN2C(=O)c3ccccc3C2=O)cc1C(=O)Nc1ccccc1-c1cccs1. The first kappa shape index (κ1) is 21.6. The zero-order valence-corrected chi connectivity index (χ0v) is 19.1. The fraction of sp³-hybridized carbons (Fsp3) is 0.0741. The molecule has 0 unspecified atom stereocenters. The number of fused-ring (bicyclic) bond motifs is 1. The molecule has 2 heterocycles. The van der Waals surface area contributed by atoms with E-state index in [1.807, 2.05) is 41.8 Å². The third-order valence-corrected chi connectivity index (χ3v) is 6.59. The van der Waals surface area contributed by atoms with Crippen molar-refractivity contribution in [1.29, 1.82) is 0 Å².